The number of aromatic amines is 1. The molecular formula is C14H17N3NaO6P. The predicted octanol–water partition coefficient (Wildman–Crippen LogP) is -1.88. The van der Waals surface area contributed by atoms with Crippen LogP contribution in [-0.2, 0) is 13.9 Å². The molecule has 0 spiro atoms. The van der Waals surface area contributed by atoms with Crippen LogP contribution in [0.25, 0.3) is 0 Å². The van der Waals surface area contributed by atoms with Crippen molar-refractivity contribution in [2.45, 2.75) is 18.7 Å². The Morgan fingerprint density at radius 2 is 2.16 bits per heavy atom. The number of para-hydroxylation sites is 1. The average Bonchev–Trinajstić information content (AvgIpc) is 3.02. The molecule has 0 saturated carbocycles. The van der Waals surface area contributed by atoms with E-state index in [4.69, 9.17) is 4.52 Å². The number of carboxylic acid groups (broad SMARTS) is 1. The fourth-order valence-corrected chi connectivity index (χ4v) is 3.60. The zero-order chi connectivity index (χ0) is 17.7. The number of nitrogens with zero attached hydrogens (tertiary/aromatic N) is 1. The van der Waals surface area contributed by atoms with Gasteiger partial charge in [0.1, 0.15) is 17.6 Å². The maximum Gasteiger partial charge on any atom is 1.00 e. The molecule has 0 aliphatic heterocycles. The second-order valence-electron chi connectivity index (χ2n) is 4.86. The van der Waals surface area contributed by atoms with Crippen LogP contribution in [0, 0.1) is 0 Å². The number of imidazole rings is 1. The molecule has 0 bridgehead atoms. The van der Waals surface area contributed by atoms with Gasteiger partial charge in [-0.3, -0.25) is 10.1 Å². The number of aromatic hydroxyl groups is 1. The van der Waals surface area contributed by atoms with Crippen LogP contribution in [0.3, 0.4) is 0 Å². The van der Waals surface area contributed by atoms with Crippen LogP contribution < -0.4 is 39.8 Å². The molecule has 0 saturated heterocycles. The summed E-state index contributed by atoms with van der Waals surface area (Å²) in [6.07, 6.45) is 2.55. The van der Waals surface area contributed by atoms with Crippen LogP contribution in [0.4, 0.5) is 0 Å². The van der Waals surface area contributed by atoms with Crippen molar-refractivity contribution in [2.24, 2.45) is 0 Å². The van der Waals surface area contributed by atoms with E-state index in [1.165, 1.54) is 43.7 Å². The van der Waals surface area contributed by atoms with Gasteiger partial charge in [-0.15, -0.1) is 0 Å². The van der Waals surface area contributed by atoms with E-state index in [0.717, 1.165) is 0 Å². The molecule has 25 heavy (non-hydrogen) atoms. The summed E-state index contributed by atoms with van der Waals surface area (Å²) in [6.45, 7) is 1.38. The van der Waals surface area contributed by atoms with E-state index in [0.29, 0.717) is 0 Å². The summed E-state index contributed by atoms with van der Waals surface area (Å²) in [4.78, 5) is 30.3. The van der Waals surface area contributed by atoms with Crippen LogP contribution in [0.1, 0.15) is 30.0 Å². The Hall–Kier alpha value is -1.19. The minimum Gasteiger partial charge on any atom is -0.777 e. The molecule has 130 valence electrons. The third-order valence-corrected chi connectivity index (χ3v) is 4.94. The van der Waals surface area contributed by atoms with Gasteiger partial charge in [0.2, 0.25) is 0 Å². The van der Waals surface area contributed by atoms with Crippen LogP contribution >= 0.6 is 7.60 Å². The number of phenols is 1. The number of carbonyl (C=O) groups is 1. The quantitative estimate of drug-likeness (QED) is 0.309. The topological polar surface area (TPSA) is 148 Å². The van der Waals surface area contributed by atoms with E-state index in [-0.39, 0.29) is 53.2 Å². The molecule has 2 aromatic rings. The minimum absolute atomic E-state index is 0. The number of benzene rings is 1. The Morgan fingerprint density at radius 3 is 2.68 bits per heavy atom. The molecule has 11 heteroatoms. The van der Waals surface area contributed by atoms with E-state index >= 15 is 0 Å². The first-order chi connectivity index (χ1) is 11.4. The number of hydrogen-bond acceptors (Lipinski definition) is 7. The zero-order valence-electron chi connectivity index (χ0n) is 13.7. The van der Waals surface area contributed by atoms with Gasteiger partial charge in [-0.25, -0.2) is 4.98 Å². The standard InChI is InChI=1S/C14H18N3O6P.Na/c1-2-23-24(21,22)13(9-5-3-4-6-11(9)18)17-12(14(19)20)10-7-15-8-16-10;/h3-8,12-13,17-18H,2H2,1H3,(H,15,16)(H,19,20)(H,21,22);/q;+1/p-1. The van der Waals surface area contributed by atoms with Crippen molar-refractivity contribution in [2.75, 3.05) is 6.61 Å². The summed E-state index contributed by atoms with van der Waals surface area (Å²) in [7, 11) is -4.57. The van der Waals surface area contributed by atoms with Crippen molar-refractivity contribution < 1.29 is 58.5 Å². The van der Waals surface area contributed by atoms with Gasteiger partial charge in [-0.05, 0) is 13.0 Å². The molecule has 1 heterocycles. The molecule has 0 aliphatic rings. The van der Waals surface area contributed by atoms with Gasteiger partial charge in [0.25, 0.3) is 0 Å². The summed E-state index contributed by atoms with van der Waals surface area (Å²) < 4.78 is 17.2. The minimum atomic E-state index is -4.57. The number of nitrogens with one attached hydrogen (secondary N) is 2. The first-order valence-corrected chi connectivity index (χ1v) is 8.68. The van der Waals surface area contributed by atoms with Crippen molar-refractivity contribution in [1.29, 1.82) is 0 Å². The summed E-state index contributed by atoms with van der Waals surface area (Å²) in [5, 5.41) is 21.9. The van der Waals surface area contributed by atoms with Gasteiger partial charge in [-0.1, -0.05) is 18.2 Å². The van der Waals surface area contributed by atoms with Crippen molar-refractivity contribution in [3.63, 3.8) is 0 Å². The Morgan fingerprint density at radius 1 is 1.48 bits per heavy atom. The molecule has 0 fully saturated rings. The maximum atomic E-state index is 12.4. The van der Waals surface area contributed by atoms with Crippen molar-refractivity contribution in [3.05, 3.63) is 48.0 Å². The second kappa shape index (κ2) is 9.49. The molecule has 0 amide bonds. The van der Waals surface area contributed by atoms with E-state index in [1.54, 1.807) is 0 Å². The van der Waals surface area contributed by atoms with Crippen LogP contribution in [-0.4, -0.2) is 32.8 Å². The summed E-state index contributed by atoms with van der Waals surface area (Å²) in [5.74, 6) is -3.15. The Balaban J connectivity index is 0.00000312. The molecule has 1 aromatic carbocycles. The number of aromatic nitrogens is 2. The number of aliphatic carboxylic acids is 1. The Kier molecular flexibility index (Phi) is 8.30. The molecular weight excluding hydrogens is 360 g/mol. The van der Waals surface area contributed by atoms with Crippen LogP contribution in [0.2, 0.25) is 0 Å². The molecule has 2 rings (SSSR count). The largest absolute Gasteiger partial charge is 1.00 e. The number of carboxylic acids is 1. The average molecular weight is 377 g/mol. The molecule has 3 unspecified atom stereocenters. The number of H-pyrrole nitrogens is 1. The van der Waals surface area contributed by atoms with Gasteiger partial charge >= 0.3 is 35.5 Å². The number of phenolic OH excluding ortho intramolecular Hbond substituents is 1. The fraction of sp³-hybridized carbons (Fsp3) is 0.286. The molecule has 3 atom stereocenters. The van der Waals surface area contributed by atoms with Gasteiger partial charge in [-0.2, -0.15) is 0 Å². The third-order valence-electron chi connectivity index (χ3n) is 3.26. The van der Waals surface area contributed by atoms with Crippen molar-refractivity contribution in [3.8, 4) is 5.75 Å². The normalized spacial score (nSPS) is 15.6. The van der Waals surface area contributed by atoms with Gasteiger partial charge in [0.15, 0.2) is 7.60 Å². The molecule has 0 radical (unpaired) electrons. The SMILES string of the molecule is CCOP(=O)([O-])C(NC(C(=O)O)c1cnc[nH]1)c1ccccc1O.[Na+]. The van der Waals surface area contributed by atoms with Gasteiger partial charge < -0.3 is 29.2 Å². The summed E-state index contributed by atoms with van der Waals surface area (Å²) in [5.41, 5.74) is 0.162. The van der Waals surface area contributed by atoms with E-state index in [2.05, 4.69) is 15.3 Å². The first kappa shape index (κ1) is 21.9. The molecule has 9 nitrogen and oxygen atoms in total. The van der Waals surface area contributed by atoms with Crippen molar-refractivity contribution >= 4 is 13.6 Å². The van der Waals surface area contributed by atoms with Crippen LogP contribution in [0.15, 0.2) is 36.8 Å². The maximum absolute atomic E-state index is 12.4. The smallest absolute Gasteiger partial charge is 0.777 e. The molecule has 1 aromatic heterocycles. The Labute approximate surface area is 166 Å². The van der Waals surface area contributed by atoms with E-state index in [9.17, 15) is 24.5 Å². The van der Waals surface area contributed by atoms with Gasteiger partial charge in [0, 0.05) is 5.56 Å². The molecule has 4 N–H and O–H groups in total. The number of rotatable bonds is 8. The van der Waals surface area contributed by atoms with Crippen molar-refractivity contribution in [1.82, 2.24) is 15.3 Å². The summed E-state index contributed by atoms with van der Waals surface area (Å²) >= 11 is 0. The predicted molar refractivity (Wildman–Crippen MR) is 82.2 cm³/mol. The van der Waals surface area contributed by atoms with Gasteiger partial charge in [0.05, 0.1) is 24.8 Å². The first-order valence-electron chi connectivity index (χ1n) is 7.07. The van der Waals surface area contributed by atoms with E-state index < -0.39 is 25.4 Å². The Bertz CT molecular complexity index is 742. The molecule has 0 aliphatic carbocycles. The zero-order valence-corrected chi connectivity index (χ0v) is 16.6. The third kappa shape index (κ3) is 5.39. The summed E-state index contributed by atoms with van der Waals surface area (Å²) in [6, 6.07) is 4.35. The van der Waals surface area contributed by atoms with E-state index in [1.807, 2.05) is 0 Å². The number of hydrogen-bond donors (Lipinski definition) is 4. The fourth-order valence-electron chi connectivity index (χ4n) is 2.20. The van der Waals surface area contributed by atoms with Crippen LogP contribution in [0.5, 0.6) is 5.75 Å². The monoisotopic (exact) mass is 377 g/mol. The second-order valence-corrected chi connectivity index (χ2v) is 6.72.